The maximum Gasteiger partial charge on any atom is 0.290 e. The Kier molecular flexibility index (Phi) is 3.88. The molecule has 1 aromatic carbocycles. The second-order valence-corrected chi connectivity index (χ2v) is 4.83. The SMILES string of the molecule is CC[n+]1nc(C)sc1C=CNc1ccccc1. The standard InChI is InChI=1S/C13H15N3S/c1-3-16-13(17-11(2)15-16)9-10-14-12-7-5-4-6-8-12/h4-10H,3H2,1-2H3/p+1. The van der Waals surface area contributed by atoms with Gasteiger partial charge in [0, 0.05) is 23.1 Å². The van der Waals surface area contributed by atoms with Crippen LogP contribution in [0.15, 0.2) is 36.5 Å². The van der Waals surface area contributed by atoms with Gasteiger partial charge in [0.2, 0.25) is 0 Å². The van der Waals surface area contributed by atoms with E-state index in [0.717, 1.165) is 22.2 Å². The Hall–Kier alpha value is -1.68. The molecule has 0 fully saturated rings. The lowest BCUT2D eigenvalue weighted by Crippen LogP contribution is -2.36. The summed E-state index contributed by atoms with van der Waals surface area (Å²) in [6.45, 7) is 5.02. The lowest BCUT2D eigenvalue weighted by Gasteiger charge is -1.97. The van der Waals surface area contributed by atoms with Crippen molar-refractivity contribution in [3.63, 3.8) is 0 Å². The molecule has 0 atom stereocenters. The van der Waals surface area contributed by atoms with Crippen LogP contribution < -0.4 is 10.00 Å². The molecule has 88 valence electrons. The van der Waals surface area contributed by atoms with Gasteiger partial charge in [-0.15, -0.1) is 0 Å². The van der Waals surface area contributed by atoms with Crippen LogP contribution in [-0.4, -0.2) is 5.10 Å². The molecule has 2 rings (SSSR count). The summed E-state index contributed by atoms with van der Waals surface area (Å²) in [6, 6.07) is 10.1. The van der Waals surface area contributed by atoms with Crippen molar-refractivity contribution in [2.24, 2.45) is 0 Å². The van der Waals surface area contributed by atoms with E-state index in [4.69, 9.17) is 0 Å². The Labute approximate surface area is 105 Å². The number of hydrogen-bond donors (Lipinski definition) is 1. The quantitative estimate of drug-likeness (QED) is 0.840. The molecule has 0 unspecified atom stereocenters. The van der Waals surface area contributed by atoms with Gasteiger partial charge in [0.15, 0.2) is 11.6 Å². The summed E-state index contributed by atoms with van der Waals surface area (Å²) in [7, 11) is 0. The zero-order chi connectivity index (χ0) is 12.1. The topological polar surface area (TPSA) is 28.8 Å². The first kappa shape index (κ1) is 11.8. The maximum absolute atomic E-state index is 4.41. The number of aromatic nitrogens is 2. The molecule has 4 heteroatoms. The van der Waals surface area contributed by atoms with Gasteiger partial charge < -0.3 is 5.32 Å². The molecule has 0 radical (unpaired) electrons. The maximum atomic E-state index is 4.41. The van der Waals surface area contributed by atoms with Crippen molar-refractivity contribution < 1.29 is 4.68 Å². The predicted molar refractivity (Wildman–Crippen MR) is 71.8 cm³/mol. The van der Waals surface area contributed by atoms with Crippen LogP contribution in [0.3, 0.4) is 0 Å². The summed E-state index contributed by atoms with van der Waals surface area (Å²) in [5.74, 6) is 0. The Morgan fingerprint density at radius 3 is 2.82 bits per heavy atom. The molecule has 3 nitrogen and oxygen atoms in total. The van der Waals surface area contributed by atoms with Crippen molar-refractivity contribution in [3.05, 3.63) is 46.5 Å². The molecule has 1 N–H and O–H groups in total. The minimum atomic E-state index is 0.898. The molecule has 0 bridgehead atoms. The first-order valence-electron chi connectivity index (χ1n) is 5.65. The van der Waals surface area contributed by atoms with Gasteiger partial charge >= 0.3 is 0 Å². The fraction of sp³-hybridized carbons (Fsp3) is 0.231. The van der Waals surface area contributed by atoms with Gasteiger partial charge in [-0.2, -0.15) is 0 Å². The molecular formula is C13H16N3S+. The first-order valence-corrected chi connectivity index (χ1v) is 6.47. The third-order valence-electron chi connectivity index (χ3n) is 2.32. The number of anilines is 1. The molecule has 1 heterocycles. The highest BCUT2D eigenvalue weighted by Gasteiger charge is 2.12. The van der Waals surface area contributed by atoms with E-state index in [1.165, 1.54) is 0 Å². The number of aryl methyl sites for hydroxylation is 2. The average molecular weight is 246 g/mol. The molecule has 0 amide bonds. The van der Waals surface area contributed by atoms with Crippen molar-refractivity contribution >= 4 is 23.1 Å². The normalized spacial score (nSPS) is 10.9. The Morgan fingerprint density at radius 1 is 1.35 bits per heavy atom. The molecule has 17 heavy (non-hydrogen) atoms. The number of nitrogens with one attached hydrogen (secondary N) is 1. The van der Waals surface area contributed by atoms with Gasteiger partial charge in [-0.1, -0.05) is 22.9 Å². The van der Waals surface area contributed by atoms with Crippen LogP contribution in [0.5, 0.6) is 0 Å². The average Bonchev–Trinajstić information content (AvgIpc) is 2.71. The van der Waals surface area contributed by atoms with Crippen molar-refractivity contribution in [3.8, 4) is 0 Å². The molecule has 1 aromatic heterocycles. The van der Waals surface area contributed by atoms with Gasteiger partial charge in [-0.25, -0.2) is 0 Å². The molecule has 0 aliphatic rings. The number of hydrogen-bond acceptors (Lipinski definition) is 3. The Morgan fingerprint density at radius 2 is 2.12 bits per heavy atom. The summed E-state index contributed by atoms with van der Waals surface area (Å²) in [4.78, 5) is 0. The van der Waals surface area contributed by atoms with Crippen LogP contribution in [0.4, 0.5) is 5.69 Å². The lowest BCUT2D eigenvalue weighted by atomic mass is 10.3. The molecule has 0 saturated carbocycles. The zero-order valence-electron chi connectivity index (χ0n) is 10.1. The van der Waals surface area contributed by atoms with E-state index in [1.54, 1.807) is 11.3 Å². The highest BCUT2D eigenvalue weighted by Crippen LogP contribution is 2.10. The smallest absolute Gasteiger partial charge is 0.290 e. The Bertz CT molecular complexity index is 503. The van der Waals surface area contributed by atoms with Gasteiger partial charge in [0.25, 0.3) is 5.01 Å². The van der Waals surface area contributed by atoms with E-state index < -0.39 is 0 Å². The number of nitrogens with zero attached hydrogens (tertiary/aromatic N) is 2. The van der Waals surface area contributed by atoms with Crippen LogP contribution >= 0.6 is 11.3 Å². The third-order valence-corrected chi connectivity index (χ3v) is 3.25. The van der Waals surface area contributed by atoms with Crippen LogP contribution in [0.2, 0.25) is 0 Å². The summed E-state index contributed by atoms with van der Waals surface area (Å²) in [5, 5.41) is 9.90. The van der Waals surface area contributed by atoms with E-state index in [1.807, 2.05) is 48.1 Å². The summed E-state index contributed by atoms with van der Waals surface area (Å²) in [6.07, 6.45) is 4.01. The van der Waals surface area contributed by atoms with Gasteiger partial charge in [-0.05, 0) is 37.3 Å². The highest BCUT2D eigenvalue weighted by atomic mass is 32.1. The van der Waals surface area contributed by atoms with E-state index >= 15 is 0 Å². The van der Waals surface area contributed by atoms with Crippen LogP contribution in [0, 0.1) is 6.92 Å². The van der Waals surface area contributed by atoms with Crippen molar-refractivity contribution in [1.29, 1.82) is 0 Å². The monoisotopic (exact) mass is 246 g/mol. The fourth-order valence-electron chi connectivity index (χ4n) is 1.53. The molecule has 2 aromatic rings. The van der Waals surface area contributed by atoms with E-state index in [9.17, 15) is 0 Å². The number of rotatable bonds is 4. The van der Waals surface area contributed by atoms with E-state index in [-0.39, 0.29) is 0 Å². The number of para-hydroxylation sites is 1. The molecule has 0 saturated heterocycles. The second-order valence-electron chi connectivity index (χ2n) is 3.62. The van der Waals surface area contributed by atoms with E-state index in [0.29, 0.717) is 0 Å². The zero-order valence-corrected chi connectivity index (χ0v) is 10.9. The van der Waals surface area contributed by atoms with Gasteiger partial charge in [0.1, 0.15) is 0 Å². The second kappa shape index (κ2) is 5.59. The minimum absolute atomic E-state index is 0.898. The van der Waals surface area contributed by atoms with Crippen LogP contribution in [-0.2, 0) is 6.54 Å². The lowest BCUT2D eigenvalue weighted by molar-refractivity contribution is -0.747. The van der Waals surface area contributed by atoms with Crippen molar-refractivity contribution in [2.45, 2.75) is 20.4 Å². The molecule has 0 aliphatic carbocycles. The van der Waals surface area contributed by atoms with Crippen molar-refractivity contribution in [1.82, 2.24) is 5.10 Å². The molecule has 0 aliphatic heterocycles. The van der Waals surface area contributed by atoms with Crippen molar-refractivity contribution in [2.75, 3.05) is 5.32 Å². The number of benzene rings is 1. The Balaban J connectivity index is 2.05. The van der Waals surface area contributed by atoms with E-state index in [2.05, 4.69) is 23.4 Å². The highest BCUT2D eigenvalue weighted by molar-refractivity contribution is 7.11. The summed E-state index contributed by atoms with van der Waals surface area (Å²) < 4.78 is 2.00. The van der Waals surface area contributed by atoms with Crippen LogP contribution in [0.1, 0.15) is 16.9 Å². The largest absolute Gasteiger partial charge is 0.361 e. The van der Waals surface area contributed by atoms with Crippen LogP contribution in [0.25, 0.3) is 6.08 Å². The van der Waals surface area contributed by atoms with Gasteiger partial charge in [0.05, 0.1) is 0 Å². The summed E-state index contributed by atoms with van der Waals surface area (Å²) >= 11 is 1.70. The minimum Gasteiger partial charge on any atom is -0.361 e. The third kappa shape index (κ3) is 3.14. The fourth-order valence-corrected chi connectivity index (χ4v) is 2.39. The van der Waals surface area contributed by atoms with Gasteiger partial charge in [-0.3, -0.25) is 0 Å². The predicted octanol–water partition coefficient (Wildman–Crippen LogP) is 2.84. The molecule has 0 spiro atoms. The summed E-state index contributed by atoms with van der Waals surface area (Å²) in [5.41, 5.74) is 1.09. The first-order chi connectivity index (χ1) is 8.29. The molecular weight excluding hydrogens is 230 g/mol.